The minimum absolute atomic E-state index is 0.0339. The molecule has 2 fully saturated rings. The molecule has 0 radical (unpaired) electrons. The van der Waals surface area contributed by atoms with Gasteiger partial charge >= 0.3 is 0 Å². The van der Waals surface area contributed by atoms with E-state index in [0.29, 0.717) is 22.8 Å². The predicted molar refractivity (Wildman–Crippen MR) is 137 cm³/mol. The zero-order valence-corrected chi connectivity index (χ0v) is 20.0. The number of aromatic amines is 2. The molecule has 1 aliphatic heterocycles. The SMILES string of the molecule is O=C(Nc1cncc(-c2cnc3n[nH]c(-c4nc5c(N6CCCCC6)nccc5[nH]4)c3c2F)c1)C1CC1. The van der Waals surface area contributed by atoms with Crippen LogP contribution in [0.3, 0.4) is 0 Å². The summed E-state index contributed by atoms with van der Waals surface area (Å²) >= 11 is 0. The van der Waals surface area contributed by atoms with Crippen LogP contribution in [-0.2, 0) is 4.79 Å². The molecule has 1 amide bonds. The van der Waals surface area contributed by atoms with Crippen LogP contribution >= 0.6 is 0 Å². The zero-order valence-electron chi connectivity index (χ0n) is 20.0. The van der Waals surface area contributed by atoms with Gasteiger partial charge in [0.25, 0.3) is 0 Å². The molecule has 1 saturated carbocycles. The Kier molecular flexibility index (Phi) is 5.08. The van der Waals surface area contributed by atoms with Crippen LogP contribution in [0.15, 0.2) is 36.9 Å². The molecule has 11 heteroatoms. The highest BCUT2D eigenvalue weighted by molar-refractivity contribution is 5.97. The first-order chi connectivity index (χ1) is 18.2. The molecule has 37 heavy (non-hydrogen) atoms. The first-order valence-corrected chi connectivity index (χ1v) is 12.5. The number of halogens is 1. The third-order valence-electron chi connectivity index (χ3n) is 7.06. The lowest BCUT2D eigenvalue weighted by Crippen LogP contribution is -2.30. The highest BCUT2D eigenvalue weighted by Crippen LogP contribution is 2.35. The first-order valence-electron chi connectivity index (χ1n) is 12.5. The van der Waals surface area contributed by atoms with Crippen molar-refractivity contribution in [2.24, 2.45) is 5.92 Å². The lowest BCUT2D eigenvalue weighted by atomic mass is 10.1. The van der Waals surface area contributed by atoms with Crippen LogP contribution in [0.1, 0.15) is 32.1 Å². The zero-order chi connectivity index (χ0) is 24.9. The fourth-order valence-electron chi connectivity index (χ4n) is 4.95. The van der Waals surface area contributed by atoms with E-state index in [1.165, 1.54) is 12.6 Å². The van der Waals surface area contributed by atoms with Crippen molar-refractivity contribution in [3.63, 3.8) is 0 Å². The van der Waals surface area contributed by atoms with Crippen LogP contribution in [-0.4, -0.2) is 54.1 Å². The molecule has 1 saturated heterocycles. The lowest BCUT2D eigenvalue weighted by molar-refractivity contribution is -0.117. The summed E-state index contributed by atoms with van der Waals surface area (Å²) < 4.78 is 16.0. The number of carbonyl (C=O) groups excluding carboxylic acids is 1. The third kappa shape index (κ3) is 3.87. The quantitative estimate of drug-likeness (QED) is 0.328. The molecule has 6 heterocycles. The van der Waals surface area contributed by atoms with Gasteiger partial charge in [0, 0.05) is 48.7 Å². The highest BCUT2D eigenvalue weighted by atomic mass is 19.1. The van der Waals surface area contributed by atoms with Gasteiger partial charge in [-0.3, -0.25) is 14.9 Å². The van der Waals surface area contributed by atoms with Crippen LogP contribution in [0.5, 0.6) is 0 Å². The number of carbonyl (C=O) groups is 1. The van der Waals surface area contributed by atoms with E-state index < -0.39 is 5.82 Å². The second-order valence-corrected chi connectivity index (χ2v) is 9.67. The number of nitrogens with one attached hydrogen (secondary N) is 3. The number of H-pyrrole nitrogens is 2. The second kappa shape index (κ2) is 8.61. The number of pyridine rings is 3. The first kappa shape index (κ1) is 21.8. The number of rotatable bonds is 5. The topological polar surface area (TPSA) is 128 Å². The monoisotopic (exact) mass is 497 g/mol. The number of hydrogen-bond acceptors (Lipinski definition) is 7. The molecule has 2 aliphatic rings. The molecule has 0 aromatic carbocycles. The summed E-state index contributed by atoms with van der Waals surface area (Å²) in [5.41, 5.74) is 3.52. The maximum atomic E-state index is 16.0. The molecule has 5 aromatic heterocycles. The fourth-order valence-corrected chi connectivity index (χ4v) is 4.95. The summed E-state index contributed by atoms with van der Waals surface area (Å²) in [7, 11) is 0. The number of anilines is 2. The van der Waals surface area contributed by atoms with E-state index in [1.807, 2.05) is 6.07 Å². The molecule has 10 nitrogen and oxygen atoms in total. The van der Waals surface area contributed by atoms with Crippen LogP contribution < -0.4 is 10.2 Å². The molecule has 0 spiro atoms. The van der Waals surface area contributed by atoms with Gasteiger partial charge in [0.2, 0.25) is 5.91 Å². The third-order valence-corrected chi connectivity index (χ3v) is 7.06. The van der Waals surface area contributed by atoms with Crippen LogP contribution in [0, 0.1) is 11.7 Å². The summed E-state index contributed by atoms with van der Waals surface area (Å²) in [4.78, 5) is 35.7. The average Bonchev–Trinajstić information content (AvgIpc) is 3.54. The summed E-state index contributed by atoms with van der Waals surface area (Å²) in [6.45, 7) is 1.88. The van der Waals surface area contributed by atoms with Crippen molar-refractivity contribution < 1.29 is 9.18 Å². The number of imidazole rings is 1. The van der Waals surface area contributed by atoms with E-state index in [0.717, 1.165) is 55.6 Å². The molecular formula is C26H24FN9O. The molecule has 7 rings (SSSR count). The fraction of sp³-hybridized carbons (Fsp3) is 0.308. The van der Waals surface area contributed by atoms with E-state index in [1.54, 1.807) is 24.7 Å². The molecule has 186 valence electrons. The number of nitrogens with zero attached hydrogens (tertiary/aromatic N) is 6. The predicted octanol–water partition coefficient (Wildman–Crippen LogP) is 4.44. The molecule has 0 bridgehead atoms. The number of amides is 1. The van der Waals surface area contributed by atoms with Crippen molar-refractivity contribution >= 4 is 39.5 Å². The summed E-state index contributed by atoms with van der Waals surface area (Å²) in [5.74, 6) is 0.829. The Morgan fingerprint density at radius 3 is 2.81 bits per heavy atom. The van der Waals surface area contributed by atoms with Crippen molar-refractivity contribution in [3.8, 4) is 22.6 Å². The van der Waals surface area contributed by atoms with Crippen LogP contribution in [0.2, 0.25) is 0 Å². The minimum atomic E-state index is -0.490. The van der Waals surface area contributed by atoms with E-state index in [-0.39, 0.29) is 28.4 Å². The van der Waals surface area contributed by atoms with Gasteiger partial charge in [-0.05, 0) is 44.2 Å². The standard InChI is InChI=1S/C26H24FN9O/c27-20-17(15-10-16(12-28-11-15)31-26(37)14-4-5-14)13-30-23-19(20)22(34-35-23)24-32-18-6-7-29-25(21(18)33-24)36-8-2-1-3-9-36/h6-7,10-14H,1-5,8-9H2,(H,31,37)(H,32,33)(H,30,34,35). The van der Waals surface area contributed by atoms with Crippen molar-refractivity contribution in [1.82, 2.24) is 35.1 Å². The molecule has 0 atom stereocenters. The van der Waals surface area contributed by atoms with Crippen LogP contribution in [0.4, 0.5) is 15.9 Å². The van der Waals surface area contributed by atoms with E-state index in [9.17, 15) is 4.79 Å². The normalized spacial score (nSPS) is 16.0. The Bertz CT molecular complexity index is 1650. The van der Waals surface area contributed by atoms with E-state index in [4.69, 9.17) is 4.98 Å². The Balaban J connectivity index is 1.29. The van der Waals surface area contributed by atoms with Gasteiger partial charge in [-0.1, -0.05) is 0 Å². The number of piperidine rings is 1. The van der Waals surface area contributed by atoms with Gasteiger partial charge < -0.3 is 15.2 Å². The molecule has 0 unspecified atom stereocenters. The van der Waals surface area contributed by atoms with E-state index in [2.05, 4.69) is 40.3 Å². The number of fused-ring (bicyclic) bond motifs is 2. The summed E-state index contributed by atoms with van der Waals surface area (Å²) in [6, 6.07) is 3.57. The Hall–Kier alpha value is -4.41. The van der Waals surface area contributed by atoms with Crippen molar-refractivity contribution in [1.29, 1.82) is 0 Å². The van der Waals surface area contributed by atoms with Crippen molar-refractivity contribution in [2.45, 2.75) is 32.1 Å². The summed E-state index contributed by atoms with van der Waals surface area (Å²) in [6.07, 6.45) is 11.6. The van der Waals surface area contributed by atoms with Crippen molar-refractivity contribution in [3.05, 3.63) is 42.7 Å². The van der Waals surface area contributed by atoms with Crippen molar-refractivity contribution in [2.75, 3.05) is 23.3 Å². The Morgan fingerprint density at radius 1 is 1.11 bits per heavy atom. The van der Waals surface area contributed by atoms with Gasteiger partial charge in [-0.15, -0.1) is 0 Å². The van der Waals surface area contributed by atoms with Gasteiger partial charge in [0.1, 0.15) is 17.0 Å². The largest absolute Gasteiger partial charge is 0.355 e. The smallest absolute Gasteiger partial charge is 0.227 e. The molecule has 1 aliphatic carbocycles. The lowest BCUT2D eigenvalue weighted by Gasteiger charge is -2.27. The second-order valence-electron chi connectivity index (χ2n) is 9.67. The Morgan fingerprint density at radius 2 is 1.97 bits per heavy atom. The number of aromatic nitrogens is 7. The maximum absolute atomic E-state index is 16.0. The van der Waals surface area contributed by atoms with E-state index >= 15 is 4.39 Å². The Labute approximate surface area is 210 Å². The molecular weight excluding hydrogens is 473 g/mol. The highest BCUT2D eigenvalue weighted by Gasteiger charge is 2.30. The average molecular weight is 498 g/mol. The van der Waals surface area contributed by atoms with Gasteiger partial charge in [0.05, 0.1) is 22.8 Å². The molecule has 3 N–H and O–H groups in total. The minimum Gasteiger partial charge on any atom is -0.355 e. The maximum Gasteiger partial charge on any atom is 0.227 e. The van der Waals surface area contributed by atoms with Gasteiger partial charge in [0.15, 0.2) is 17.3 Å². The van der Waals surface area contributed by atoms with Crippen LogP contribution in [0.25, 0.3) is 44.7 Å². The number of hydrogen-bond donors (Lipinski definition) is 3. The summed E-state index contributed by atoms with van der Waals surface area (Å²) in [5, 5.41) is 10.2. The molecule has 5 aromatic rings. The van der Waals surface area contributed by atoms with Gasteiger partial charge in [-0.25, -0.2) is 19.3 Å². The van der Waals surface area contributed by atoms with Gasteiger partial charge in [-0.2, -0.15) is 5.10 Å².